The minimum absolute atomic E-state index is 0.390. The van der Waals surface area contributed by atoms with E-state index in [4.69, 9.17) is 12.6 Å². The van der Waals surface area contributed by atoms with Crippen molar-refractivity contribution in [3.8, 4) is 0 Å². The molecule has 0 fully saturated rings. The van der Waals surface area contributed by atoms with Gasteiger partial charge in [-0.1, -0.05) is 30.3 Å². The maximum Gasteiger partial charge on any atom is 0.0209 e. The Balaban J connectivity index is 2.26. The smallest absolute Gasteiger partial charge is 0.0209 e. The first kappa shape index (κ1) is 15.8. The van der Waals surface area contributed by atoms with Gasteiger partial charge < -0.3 is 0 Å². The second-order valence-electron chi connectivity index (χ2n) is 6.44. The van der Waals surface area contributed by atoms with E-state index in [1.165, 1.54) is 44.5 Å². The predicted molar refractivity (Wildman–Crippen MR) is 102 cm³/mol. The zero-order chi connectivity index (χ0) is 16.2. The zero-order valence-corrected chi connectivity index (χ0v) is 15.4. The van der Waals surface area contributed by atoms with Crippen LogP contribution in [0.3, 0.4) is 0 Å². The summed E-state index contributed by atoms with van der Waals surface area (Å²) in [7, 11) is 0. The Morgan fingerprint density at radius 1 is 0.955 bits per heavy atom. The van der Waals surface area contributed by atoms with Crippen LogP contribution in [0.15, 0.2) is 34.6 Å². The molecule has 1 atom stereocenters. The van der Waals surface area contributed by atoms with Crippen molar-refractivity contribution >= 4 is 30.8 Å². The fourth-order valence-electron chi connectivity index (χ4n) is 3.67. The molecule has 114 valence electrons. The van der Waals surface area contributed by atoms with Crippen LogP contribution >= 0.6 is 25.3 Å². The Morgan fingerprint density at radius 3 is 2.27 bits per heavy atom. The second-order valence-corrected chi connectivity index (χ2v) is 7.33. The fourth-order valence-corrected chi connectivity index (χ4v) is 4.29. The third kappa shape index (κ3) is 2.24. The highest BCUT2D eigenvalue weighted by Crippen LogP contribution is 2.48. The lowest BCUT2D eigenvalue weighted by Gasteiger charge is -2.23. The Kier molecular flexibility index (Phi) is 3.94. The molecule has 22 heavy (non-hydrogen) atoms. The second kappa shape index (κ2) is 5.50. The van der Waals surface area contributed by atoms with Crippen LogP contribution in [0.1, 0.15) is 51.3 Å². The van der Waals surface area contributed by atoms with Gasteiger partial charge in [-0.2, -0.15) is 0 Å². The molecule has 0 nitrogen and oxygen atoms in total. The molecule has 0 spiro atoms. The van der Waals surface area contributed by atoms with E-state index in [1.54, 1.807) is 0 Å². The third-order valence-electron chi connectivity index (χ3n) is 5.07. The van der Waals surface area contributed by atoms with Crippen LogP contribution in [-0.2, 0) is 0 Å². The van der Waals surface area contributed by atoms with Crippen molar-refractivity contribution in [2.24, 2.45) is 0 Å². The molecule has 2 heteroatoms. The summed E-state index contributed by atoms with van der Waals surface area (Å²) < 4.78 is 0. The summed E-state index contributed by atoms with van der Waals surface area (Å²) in [6.45, 7) is 13.0. The van der Waals surface area contributed by atoms with Crippen molar-refractivity contribution in [1.29, 1.82) is 0 Å². The van der Waals surface area contributed by atoms with Gasteiger partial charge in [0.15, 0.2) is 0 Å². The van der Waals surface area contributed by atoms with Crippen molar-refractivity contribution in [3.63, 3.8) is 0 Å². The van der Waals surface area contributed by atoms with E-state index in [0.717, 1.165) is 16.2 Å². The minimum atomic E-state index is 0.390. The van der Waals surface area contributed by atoms with Gasteiger partial charge in [0, 0.05) is 15.7 Å². The maximum atomic E-state index is 4.70. The van der Waals surface area contributed by atoms with Gasteiger partial charge in [0.25, 0.3) is 0 Å². The number of benzene rings is 2. The summed E-state index contributed by atoms with van der Waals surface area (Å²) in [5.74, 6) is 0.390. The molecule has 0 heterocycles. The van der Waals surface area contributed by atoms with Crippen LogP contribution in [-0.4, -0.2) is 0 Å². The molecule has 0 aromatic heterocycles. The molecule has 0 N–H and O–H groups in total. The number of fused-ring (bicyclic) bond motifs is 1. The van der Waals surface area contributed by atoms with Crippen LogP contribution < -0.4 is 0 Å². The number of hydrogen-bond donors (Lipinski definition) is 2. The number of thiol groups is 2. The number of hydrogen-bond acceptors (Lipinski definition) is 2. The lowest BCUT2D eigenvalue weighted by atomic mass is 9.84. The van der Waals surface area contributed by atoms with E-state index in [2.05, 4.69) is 65.1 Å². The minimum Gasteiger partial charge on any atom is -0.142 e. The normalized spacial score (nSPS) is 17.0. The molecule has 0 radical (unpaired) electrons. The highest BCUT2D eigenvalue weighted by Gasteiger charge is 2.30. The largest absolute Gasteiger partial charge is 0.142 e. The van der Waals surface area contributed by atoms with E-state index in [9.17, 15) is 0 Å². The standard InChI is InChI=1S/C20H22S2/c1-10-6-7-15-16(8-10)11(2)9-17(15)18-12(3)13(4)19(21)20(22)14(18)5/h6-8,17,21-22H,2,9H2,1,3-5H3. The Morgan fingerprint density at radius 2 is 1.59 bits per heavy atom. The van der Waals surface area contributed by atoms with Crippen molar-refractivity contribution in [1.82, 2.24) is 0 Å². The van der Waals surface area contributed by atoms with E-state index < -0.39 is 0 Å². The molecule has 2 aromatic carbocycles. The molecule has 0 amide bonds. The molecule has 1 unspecified atom stereocenters. The molecule has 2 aromatic rings. The monoisotopic (exact) mass is 326 g/mol. The summed E-state index contributed by atoms with van der Waals surface area (Å²) >= 11 is 9.33. The zero-order valence-electron chi connectivity index (χ0n) is 13.6. The van der Waals surface area contributed by atoms with Gasteiger partial charge in [-0.05, 0) is 73.1 Å². The summed E-state index contributed by atoms with van der Waals surface area (Å²) in [6.07, 6.45) is 0.999. The van der Waals surface area contributed by atoms with E-state index >= 15 is 0 Å². The van der Waals surface area contributed by atoms with Gasteiger partial charge in [-0.15, -0.1) is 25.3 Å². The highest BCUT2D eigenvalue weighted by atomic mass is 32.1. The molecule has 0 bridgehead atoms. The highest BCUT2D eigenvalue weighted by molar-refractivity contribution is 7.83. The molecular weight excluding hydrogens is 304 g/mol. The SMILES string of the molecule is C=C1CC(c2c(C)c(C)c(S)c(S)c2C)c2ccc(C)cc21. The Hall–Kier alpha value is -1.12. The average Bonchev–Trinajstić information content (AvgIpc) is 2.80. The first-order chi connectivity index (χ1) is 10.3. The van der Waals surface area contributed by atoms with Crippen molar-refractivity contribution < 1.29 is 0 Å². The molecular formula is C20H22S2. The summed E-state index contributed by atoms with van der Waals surface area (Å²) in [4.78, 5) is 2.01. The predicted octanol–water partition coefficient (Wildman–Crippen LogP) is 6.05. The fraction of sp³-hybridized carbons (Fsp3) is 0.300. The summed E-state index contributed by atoms with van der Waals surface area (Å²) in [6, 6.07) is 6.74. The lowest BCUT2D eigenvalue weighted by molar-refractivity contribution is 0.840. The lowest BCUT2D eigenvalue weighted by Crippen LogP contribution is -2.06. The first-order valence-electron chi connectivity index (χ1n) is 7.63. The Bertz CT molecular complexity index is 771. The van der Waals surface area contributed by atoms with Gasteiger partial charge in [0.2, 0.25) is 0 Å². The first-order valence-corrected chi connectivity index (χ1v) is 8.52. The van der Waals surface area contributed by atoms with E-state index in [0.29, 0.717) is 5.92 Å². The molecule has 0 aliphatic heterocycles. The number of aryl methyl sites for hydroxylation is 1. The van der Waals surface area contributed by atoms with E-state index in [-0.39, 0.29) is 0 Å². The van der Waals surface area contributed by atoms with Gasteiger partial charge in [0.1, 0.15) is 0 Å². The summed E-state index contributed by atoms with van der Waals surface area (Å²) in [5, 5.41) is 0. The van der Waals surface area contributed by atoms with E-state index in [1.807, 2.05) is 0 Å². The number of allylic oxidation sites excluding steroid dienone is 1. The molecule has 1 aliphatic carbocycles. The topological polar surface area (TPSA) is 0 Å². The van der Waals surface area contributed by atoms with Gasteiger partial charge in [-0.25, -0.2) is 0 Å². The Labute approximate surface area is 144 Å². The van der Waals surface area contributed by atoms with Gasteiger partial charge in [-0.3, -0.25) is 0 Å². The molecule has 1 aliphatic rings. The average molecular weight is 327 g/mol. The van der Waals surface area contributed by atoms with Crippen molar-refractivity contribution in [2.45, 2.75) is 49.8 Å². The molecule has 0 saturated carbocycles. The summed E-state index contributed by atoms with van der Waals surface area (Å²) in [5.41, 5.74) is 10.5. The van der Waals surface area contributed by atoms with Crippen LogP contribution in [0, 0.1) is 27.7 Å². The van der Waals surface area contributed by atoms with Gasteiger partial charge in [0.05, 0.1) is 0 Å². The van der Waals surface area contributed by atoms with Crippen LogP contribution in [0.5, 0.6) is 0 Å². The van der Waals surface area contributed by atoms with Crippen LogP contribution in [0.25, 0.3) is 5.57 Å². The van der Waals surface area contributed by atoms with Gasteiger partial charge >= 0.3 is 0 Å². The van der Waals surface area contributed by atoms with Crippen LogP contribution in [0.4, 0.5) is 0 Å². The quantitative estimate of drug-likeness (QED) is 0.586. The van der Waals surface area contributed by atoms with Crippen molar-refractivity contribution in [2.75, 3.05) is 0 Å². The van der Waals surface area contributed by atoms with Crippen molar-refractivity contribution in [3.05, 3.63) is 63.7 Å². The maximum absolute atomic E-state index is 4.70. The third-order valence-corrected chi connectivity index (χ3v) is 6.36. The molecule has 3 rings (SSSR count). The molecule has 0 saturated heterocycles. The number of rotatable bonds is 1. The van der Waals surface area contributed by atoms with Crippen LogP contribution in [0.2, 0.25) is 0 Å².